The van der Waals surface area contributed by atoms with Gasteiger partial charge in [0.1, 0.15) is 0 Å². The number of anilines is 1. The third-order valence-corrected chi connectivity index (χ3v) is 4.48. The van der Waals surface area contributed by atoms with Crippen LogP contribution in [-0.4, -0.2) is 18.4 Å². The number of carbonyl (C=O) groups is 1. The SMILES string of the molecule is CCCc1c(C)cccc1NC=S.CNC(=O)c1ccc(C(C)(C)C)cc1. The molecule has 0 bridgehead atoms. The molecule has 0 aliphatic rings. The van der Waals surface area contributed by atoms with E-state index >= 15 is 0 Å². The topological polar surface area (TPSA) is 41.1 Å². The molecular formula is C23H32N2OS. The zero-order valence-corrected chi connectivity index (χ0v) is 18.2. The van der Waals surface area contributed by atoms with E-state index in [9.17, 15) is 4.79 Å². The zero-order valence-electron chi connectivity index (χ0n) is 17.3. The Balaban J connectivity index is 0.000000271. The maximum atomic E-state index is 11.3. The van der Waals surface area contributed by atoms with Gasteiger partial charge in [0.15, 0.2) is 0 Å². The van der Waals surface area contributed by atoms with Crippen LogP contribution in [0.4, 0.5) is 5.69 Å². The van der Waals surface area contributed by atoms with E-state index in [1.807, 2.05) is 24.3 Å². The molecule has 0 heterocycles. The van der Waals surface area contributed by atoms with Crippen LogP contribution < -0.4 is 10.6 Å². The van der Waals surface area contributed by atoms with Crippen molar-refractivity contribution in [1.82, 2.24) is 5.32 Å². The Labute approximate surface area is 169 Å². The molecule has 0 radical (unpaired) electrons. The lowest BCUT2D eigenvalue weighted by molar-refractivity contribution is 0.0963. The second kappa shape index (κ2) is 10.8. The fourth-order valence-electron chi connectivity index (χ4n) is 2.75. The van der Waals surface area contributed by atoms with E-state index in [2.05, 4.69) is 63.5 Å². The molecule has 2 aromatic carbocycles. The van der Waals surface area contributed by atoms with Gasteiger partial charge in [0, 0.05) is 18.3 Å². The van der Waals surface area contributed by atoms with Crippen LogP contribution in [0.1, 0.15) is 61.2 Å². The molecule has 0 spiro atoms. The van der Waals surface area contributed by atoms with E-state index in [1.54, 1.807) is 12.5 Å². The van der Waals surface area contributed by atoms with Crippen molar-refractivity contribution in [2.24, 2.45) is 0 Å². The molecule has 3 nitrogen and oxygen atoms in total. The van der Waals surface area contributed by atoms with Gasteiger partial charge in [-0.2, -0.15) is 0 Å². The Hall–Kier alpha value is -2.20. The Morgan fingerprint density at radius 3 is 2.22 bits per heavy atom. The standard InChI is InChI=1S/C12H17NO.C11H15NS/c1-12(2,3)10-7-5-9(6-8-10)11(14)13-4;1-3-5-10-9(2)6-4-7-11(10)12-8-13/h5-8H,1-4H3,(H,13,14);4,6-8H,3,5H2,1-2H3,(H,12,13). The van der Waals surface area contributed by atoms with Gasteiger partial charge >= 0.3 is 0 Å². The van der Waals surface area contributed by atoms with Crippen LogP contribution in [0.3, 0.4) is 0 Å². The molecule has 4 heteroatoms. The first-order valence-electron chi connectivity index (χ1n) is 9.35. The number of amides is 1. The van der Waals surface area contributed by atoms with Gasteiger partial charge < -0.3 is 10.6 Å². The summed E-state index contributed by atoms with van der Waals surface area (Å²) in [5.41, 5.74) is 7.52. The number of aryl methyl sites for hydroxylation is 1. The van der Waals surface area contributed by atoms with Gasteiger partial charge in [-0.3, -0.25) is 4.79 Å². The van der Waals surface area contributed by atoms with E-state index in [0.29, 0.717) is 5.56 Å². The molecule has 0 aliphatic carbocycles. The van der Waals surface area contributed by atoms with Crippen molar-refractivity contribution in [3.05, 3.63) is 64.7 Å². The average Bonchev–Trinajstić information content (AvgIpc) is 2.64. The molecule has 27 heavy (non-hydrogen) atoms. The highest BCUT2D eigenvalue weighted by Crippen LogP contribution is 2.22. The van der Waals surface area contributed by atoms with E-state index in [0.717, 1.165) is 18.5 Å². The number of carbonyl (C=O) groups excluding carboxylic acids is 1. The number of thiocarbonyl (C=S) groups is 1. The molecular weight excluding hydrogens is 352 g/mol. The molecule has 2 aromatic rings. The van der Waals surface area contributed by atoms with Crippen LogP contribution >= 0.6 is 12.2 Å². The Kier molecular flexibility index (Phi) is 9.16. The summed E-state index contributed by atoms with van der Waals surface area (Å²) in [6, 6.07) is 14.0. The van der Waals surface area contributed by atoms with Crippen molar-refractivity contribution in [2.75, 3.05) is 12.4 Å². The lowest BCUT2D eigenvalue weighted by atomic mass is 9.87. The average molecular weight is 385 g/mol. The Morgan fingerprint density at radius 2 is 1.74 bits per heavy atom. The molecule has 0 fully saturated rings. The van der Waals surface area contributed by atoms with Crippen LogP contribution in [0.5, 0.6) is 0 Å². The third kappa shape index (κ3) is 7.14. The first-order chi connectivity index (χ1) is 12.7. The first kappa shape index (κ1) is 22.8. The van der Waals surface area contributed by atoms with Crippen molar-refractivity contribution in [3.63, 3.8) is 0 Å². The van der Waals surface area contributed by atoms with Crippen molar-refractivity contribution >= 4 is 29.3 Å². The lowest BCUT2D eigenvalue weighted by Gasteiger charge is -2.18. The number of nitrogens with one attached hydrogen (secondary N) is 2. The lowest BCUT2D eigenvalue weighted by Crippen LogP contribution is -2.18. The predicted octanol–water partition coefficient (Wildman–Crippen LogP) is 5.66. The smallest absolute Gasteiger partial charge is 0.251 e. The minimum atomic E-state index is -0.0366. The zero-order chi connectivity index (χ0) is 20.4. The van der Waals surface area contributed by atoms with Crippen LogP contribution in [0.2, 0.25) is 0 Å². The predicted molar refractivity (Wildman–Crippen MR) is 121 cm³/mol. The van der Waals surface area contributed by atoms with Crippen molar-refractivity contribution < 1.29 is 4.79 Å². The van der Waals surface area contributed by atoms with Gasteiger partial charge in [0.25, 0.3) is 5.91 Å². The van der Waals surface area contributed by atoms with Gasteiger partial charge in [0.2, 0.25) is 0 Å². The molecule has 0 unspecified atom stereocenters. The van der Waals surface area contributed by atoms with E-state index in [4.69, 9.17) is 12.2 Å². The van der Waals surface area contributed by atoms with Gasteiger partial charge in [-0.15, -0.1) is 0 Å². The maximum Gasteiger partial charge on any atom is 0.251 e. The third-order valence-electron chi connectivity index (χ3n) is 4.36. The highest BCUT2D eigenvalue weighted by molar-refractivity contribution is 7.79. The largest absolute Gasteiger partial charge is 0.355 e. The van der Waals surface area contributed by atoms with Crippen molar-refractivity contribution in [1.29, 1.82) is 0 Å². The second-order valence-electron chi connectivity index (χ2n) is 7.52. The van der Waals surface area contributed by atoms with Gasteiger partial charge in [-0.25, -0.2) is 0 Å². The molecule has 2 N–H and O–H groups in total. The van der Waals surface area contributed by atoms with Crippen LogP contribution in [-0.2, 0) is 11.8 Å². The molecule has 2 rings (SSSR count). The van der Waals surface area contributed by atoms with E-state index in [1.165, 1.54) is 16.7 Å². The molecule has 0 saturated heterocycles. The highest BCUT2D eigenvalue weighted by atomic mass is 32.1. The quantitative estimate of drug-likeness (QED) is 0.654. The van der Waals surface area contributed by atoms with Gasteiger partial charge in [0.05, 0.1) is 5.49 Å². The Morgan fingerprint density at radius 1 is 1.11 bits per heavy atom. The van der Waals surface area contributed by atoms with E-state index < -0.39 is 0 Å². The summed E-state index contributed by atoms with van der Waals surface area (Å²) in [5, 5.41) is 5.69. The van der Waals surface area contributed by atoms with Crippen molar-refractivity contribution in [3.8, 4) is 0 Å². The first-order valence-corrected chi connectivity index (χ1v) is 9.83. The number of benzene rings is 2. The number of hydrogen-bond donors (Lipinski definition) is 2. The summed E-state index contributed by atoms with van der Waals surface area (Å²) in [7, 11) is 1.64. The van der Waals surface area contributed by atoms with Crippen LogP contribution in [0.25, 0.3) is 0 Å². The summed E-state index contributed by atoms with van der Waals surface area (Å²) in [4.78, 5) is 11.3. The Bertz CT molecular complexity index is 746. The molecule has 0 aromatic heterocycles. The molecule has 0 atom stereocenters. The second-order valence-corrected chi connectivity index (χ2v) is 7.76. The summed E-state index contributed by atoms with van der Waals surface area (Å²) < 4.78 is 0. The molecule has 0 aliphatic heterocycles. The monoisotopic (exact) mass is 384 g/mol. The number of rotatable bonds is 5. The summed E-state index contributed by atoms with van der Waals surface area (Å²) in [5.74, 6) is -0.0366. The molecule has 1 amide bonds. The fourth-order valence-corrected chi connectivity index (χ4v) is 2.88. The minimum Gasteiger partial charge on any atom is -0.355 e. The summed E-state index contributed by atoms with van der Waals surface area (Å²) >= 11 is 4.78. The van der Waals surface area contributed by atoms with Gasteiger partial charge in [-0.05, 0) is 53.6 Å². The van der Waals surface area contributed by atoms with Crippen LogP contribution in [0, 0.1) is 6.92 Å². The summed E-state index contributed by atoms with van der Waals surface area (Å²) in [6.45, 7) is 10.8. The molecule has 146 valence electrons. The summed E-state index contributed by atoms with van der Waals surface area (Å²) in [6.07, 6.45) is 2.27. The number of hydrogen-bond acceptors (Lipinski definition) is 2. The van der Waals surface area contributed by atoms with Crippen LogP contribution in [0.15, 0.2) is 42.5 Å². The maximum absolute atomic E-state index is 11.3. The minimum absolute atomic E-state index is 0.0366. The van der Waals surface area contributed by atoms with Gasteiger partial charge in [-0.1, -0.05) is 70.6 Å². The highest BCUT2D eigenvalue weighted by Gasteiger charge is 2.13. The normalized spacial score (nSPS) is 10.4. The molecule has 0 saturated carbocycles. The van der Waals surface area contributed by atoms with Crippen molar-refractivity contribution in [2.45, 2.75) is 52.9 Å². The fraction of sp³-hybridized carbons (Fsp3) is 0.391. The van der Waals surface area contributed by atoms with E-state index in [-0.39, 0.29) is 11.3 Å².